The summed E-state index contributed by atoms with van der Waals surface area (Å²) in [5.74, 6) is -3.84. The van der Waals surface area contributed by atoms with Gasteiger partial charge >= 0.3 is 11.9 Å². The third-order valence-electron chi connectivity index (χ3n) is 7.13. The summed E-state index contributed by atoms with van der Waals surface area (Å²) in [5, 5.41) is 44.9. The highest BCUT2D eigenvalue weighted by Crippen LogP contribution is 2.23. The number of hydrogen-bond donors (Lipinski definition) is 7. The largest absolute Gasteiger partial charge is 0.494 e. The molecule has 0 aliphatic carbocycles. The standard InChI is InChI=1S/C31H24N6O8/c1-14-20(26(38)34-24(32)22(14)28(40)33-18-10-6-16(7-11-18)30(42)43)4-3-5-21-15(2)23-25(35-27(21)39)36-37(29(23)41)19-12-8-17(9-13-19)31(44)45/h3-13H,1-2H3,(H,33,40)(H,42,43)(H,44,45)(H3,32,34,38)(H,35,36,39)/b4-3-,21-5+. The van der Waals surface area contributed by atoms with Gasteiger partial charge in [0, 0.05) is 16.5 Å². The maximum atomic E-state index is 13.2. The van der Waals surface area contributed by atoms with Crippen molar-refractivity contribution in [3.05, 3.63) is 120 Å². The predicted octanol–water partition coefficient (Wildman–Crippen LogP) is 1.84. The Labute approximate surface area is 252 Å². The van der Waals surface area contributed by atoms with Gasteiger partial charge in [0.2, 0.25) is 0 Å². The molecule has 0 radical (unpaired) electrons. The van der Waals surface area contributed by atoms with Gasteiger partial charge in [-0.2, -0.15) is 5.01 Å². The van der Waals surface area contributed by atoms with Crippen LogP contribution in [-0.2, 0) is 0 Å². The Morgan fingerprint density at radius 1 is 0.911 bits per heavy atom. The normalized spacial score (nSPS) is 12.7. The molecule has 14 nitrogen and oxygen atoms in total. The van der Waals surface area contributed by atoms with E-state index in [1.807, 2.05) is 0 Å². The Hall–Kier alpha value is -6.57. The number of aromatic hydroxyl groups is 1. The molecule has 1 aliphatic rings. The molecule has 226 valence electrons. The Bertz CT molecular complexity index is 2200. The lowest BCUT2D eigenvalue weighted by Crippen LogP contribution is -2.38. The van der Waals surface area contributed by atoms with Gasteiger partial charge in [-0.1, -0.05) is 6.08 Å². The van der Waals surface area contributed by atoms with Gasteiger partial charge in [-0.05, 0) is 85.7 Å². The number of carboxylic acids is 2. The molecule has 5 rings (SSSR count). The topological polar surface area (TPSA) is 229 Å². The molecule has 3 heterocycles. The van der Waals surface area contributed by atoms with Crippen molar-refractivity contribution in [2.24, 2.45) is 5.10 Å². The number of pyridine rings is 2. The molecule has 1 aliphatic heterocycles. The highest BCUT2D eigenvalue weighted by Gasteiger charge is 2.28. The predicted molar refractivity (Wildman–Crippen MR) is 161 cm³/mol. The van der Waals surface area contributed by atoms with Crippen LogP contribution in [0.15, 0.2) is 64.5 Å². The van der Waals surface area contributed by atoms with Crippen LogP contribution in [0.1, 0.15) is 58.1 Å². The SMILES string of the molecule is Cc1c(/C=C\C=c2/c(C)c3c([nH]c2=O)=NN(c2ccc(C(=O)O)cc2)C3=O)c(O)[nH]c(=N)c1C(=O)Nc1ccc(C(=O)O)cc1. The Morgan fingerprint density at radius 2 is 1.51 bits per heavy atom. The van der Waals surface area contributed by atoms with E-state index in [1.54, 1.807) is 6.92 Å². The van der Waals surface area contributed by atoms with Crippen molar-refractivity contribution in [2.45, 2.75) is 13.8 Å². The van der Waals surface area contributed by atoms with Crippen LogP contribution in [0.3, 0.4) is 0 Å². The van der Waals surface area contributed by atoms with Crippen molar-refractivity contribution in [1.29, 1.82) is 5.41 Å². The third-order valence-corrected chi connectivity index (χ3v) is 7.13. The van der Waals surface area contributed by atoms with Gasteiger partial charge in [0.15, 0.2) is 11.4 Å². The minimum absolute atomic E-state index is 0.0347. The van der Waals surface area contributed by atoms with Crippen LogP contribution < -0.4 is 32.1 Å². The van der Waals surface area contributed by atoms with E-state index >= 15 is 0 Å². The third kappa shape index (κ3) is 5.62. The molecule has 2 aromatic carbocycles. The minimum atomic E-state index is -1.12. The summed E-state index contributed by atoms with van der Waals surface area (Å²) in [6, 6.07) is 11.0. The first-order valence-corrected chi connectivity index (χ1v) is 13.2. The molecular formula is C31H24N6O8. The second-order valence-electron chi connectivity index (χ2n) is 9.91. The fraction of sp³-hybridized carbons (Fsp3) is 0.0645. The molecule has 7 N–H and O–H groups in total. The van der Waals surface area contributed by atoms with Gasteiger partial charge in [0.05, 0.1) is 27.9 Å². The summed E-state index contributed by atoms with van der Waals surface area (Å²) in [6.07, 6.45) is 4.28. The number of benzene rings is 2. The van der Waals surface area contributed by atoms with Crippen LogP contribution >= 0.6 is 0 Å². The summed E-state index contributed by atoms with van der Waals surface area (Å²) in [6.45, 7) is 3.11. The highest BCUT2D eigenvalue weighted by atomic mass is 16.4. The smallest absolute Gasteiger partial charge is 0.335 e. The molecule has 2 aromatic heterocycles. The molecule has 0 unspecified atom stereocenters. The zero-order valence-corrected chi connectivity index (χ0v) is 23.6. The van der Waals surface area contributed by atoms with Gasteiger partial charge in [0.1, 0.15) is 5.49 Å². The first kappa shape index (κ1) is 29.9. The van der Waals surface area contributed by atoms with Crippen LogP contribution in [0.5, 0.6) is 5.88 Å². The molecule has 0 saturated heterocycles. The number of H-pyrrole nitrogens is 2. The minimum Gasteiger partial charge on any atom is -0.494 e. The van der Waals surface area contributed by atoms with E-state index in [0.29, 0.717) is 16.9 Å². The molecule has 0 fully saturated rings. The molecule has 14 heteroatoms. The summed E-state index contributed by atoms with van der Waals surface area (Å²) in [4.78, 5) is 66.5. The molecule has 0 saturated carbocycles. The molecule has 0 atom stereocenters. The summed E-state index contributed by atoms with van der Waals surface area (Å²) in [5.41, 5.74) is 0.634. The van der Waals surface area contributed by atoms with Gasteiger partial charge in [-0.25, -0.2) is 9.59 Å². The highest BCUT2D eigenvalue weighted by molar-refractivity contribution is 6.08. The van der Waals surface area contributed by atoms with Crippen molar-refractivity contribution in [1.82, 2.24) is 9.97 Å². The number of nitrogens with zero attached hydrogens (tertiary/aromatic N) is 2. The van der Waals surface area contributed by atoms with E-state index in [-0.39, 0.29) is 49.6 Å². The fourth-order valence-corrected chi connectivity index (χ4v) is 4.79. The number of hydrogen-bond acceptors (Lipinski definition) is 8. The Balaban J connectivity index is 1.45. The maximum Gasteiger partial charge on any atom is 0.335 e. The Morgan fingerprint density at radius 3 is 2.11 bits per heavy atom. The molecular weight excluding hydrogens is 584 g/mol. The summed E-state index contributed by atoms with van der Waals surface area (Å²) in [7, 11) is 0. The van der Waals surface area contributed by atoms with Crippen molar-refractivity contribution < 1.29 is 34.5 Å². The van der Waals surface area contributed by atoms with E-state index in [4.69, 9.17) is 15.6 Å². The number of carbonyl (C=O) groups is 4. The van der Waals surface area contributed by atoms with Crippen LogP contribution in [-0.4, -0.2) is 49.0 Å². The van der Waals surface area contributed by atoms with Crippen LogP contribution in [0.4, 0.5) is 11.4 Å². The molecule has 0 spiro atoms. The number of aromatic nitrogens is 2. The van der Waals surface area contributed by atoms with Gasteiger partial charge in [-0.15, -0.1) is 5.10 Å². The number of aromatic amines is 2. The quantitative estimate of drug-likeness (QED) is 0.163. The molecule has 0 bridgehead atoms. The van der Waals surface area contributed by atoms with Crippen LogP contribution in [0.25, 0.3) is 12.2 Å². The van der Waals surface area contributed by atoms with Crippen molar-refractivity contribution in [3.8, 4) is 5.88 Å². The lowest BCUT2D eigenvalue weighted by atomic mass is 10.0. The Kier molecular flexibility index (Phi) is 7.71. The van der Waals surface area contributed by atoms with Gasteiger partial charge in [0.25, 0.3) is 17.4 Å². The van der Waals surface area contributed by atoms with E-state index in [2.05, 4.69) is 20.4 Å². The van der Waals surface area contributed by atoms with Crippen molar-refractivity contribution >= 4 is 47.3 Å². The number of fused-ring (bicyclic) bond motifs is 1. The van der Waals surface area contributed by atoms with Gasteiger partial charge in [-0.3, -0.25) is 19.8 Å². The average molecular weight is 609 g/mol. The van der Waals surface area contributed by atoms with E-state index in [0.717, 1.165) is 5.01 Å². The molecule has 2 amide bonds. The maximum absolute atomic E-state index is 13.2. The van der Waals surface area contributed by atoms with Gasteiger partial charge < -0.3 is 30.6 Å². The first-order valence-electron chi connectivity index (χ1n) is 13.2. The monoisotopic (exact) mass is 608 g/mol. The number of anilines is 2. The fourth-order valence-electron chi connectivity index (χ4n) is 4.79. The van der Waals surface area contributed by atoms with Crippen LogP contribution in [0, 0.1) is 19.3 Å². The summed E-state index contributed by atoms with van der Waals surface area (Å²) < 4.78 is 0. The zero-order chi connectivity index (χ0) is 32.6. The van der Waals surface area contributed by atoms with Crippen molar-refractivity contribution in [3.63, 3.8) is 0 Å². The zero-order valence-electron chi connectivity index (χ0n) is 23.6. The second kappa shape index (κ2) is 11.6. The van der Waals surface area contributed by atoms with E-state index < -0.39 is 35.2 Å². The number of allylic oxidation sites excluding steroid dienone is 1. The first-order chi connectivity index (χ1) is 21.4. The number of carboxylic acid groups (broad SMARTS) is 2. The van der Waals surface area contributed by atoms with Crippen molar-refractivity contribution in [2.75, 3.05) is 10.3 Å². The second-order valence-corrected chi connectivity index (χ2v) is 9.91. The number of carbonyl (C=O) groups excluding carboxylic acids is 2. The summed E-state index contributed by atoms with van der Waals surface area (Å²) >= 11 is 0. The average Bonchev–Trinajstić information content (AvgIpc) is 3.31. The number of nitrogens with one attached hydrogen (secondary N) is 4. The van der Waals surface area contributed by atoms with Crippen LogP contribution in [0.2, 0.25) is 0 Å². The lowest BCUT2D eigenvalue weighted by molar-refractivity contribution is 0.0686. The number of amides is 2. The molecule has 4 aromatic rings. The number of rotatable bonds is 7. The number of aromatic carboxylic acids is 2. The van der Waals surface area contributed by atoms with E-state index in [9.17, 15) is 29.1 Å². The van der Waals surface area contributed by atoms with E-state index in [1.165, 1.54) is 73.7 Å². The molecule has 45 heavy (non-hydrogen) atoms. The lowest BCUT2D eigenvalue weighted by Gasteiger charge is -2.12.